The maximum atomic E-state index is 12.6. The first-order valence-corrected chi connectivity index (χ1v) is 9.24. The highest BCUT2D eigenvalue weighted by Crippen LogP contribution is 2.28. The molecule has 0 aliphatic rings. The molecule has 3 rings (SSSR count). The van der Waals surface area contributed by atoms with Gasteiger partial charge in [0.2, 0.25) is 5.91 Å². The van der Waals surface area contributed by atoms with Crippen molar-refractivity contribution in [3.8, 4) is 11.4 Å². The molecule has 0 radical (unpaired) electrons. The van der Waals surface area contributed by atoms with Gasteiger partial charge in [0.1, 0.15) is 5.75 Å². The van der Waals surface area contributed by atoms with E-state index in [1.807, 2.05) is 54.1 Å². The summed E-state index contributed by atoms with van der Waals surface area (Å²) in [5, 5.41) is 3.92. The Kier molecular flexibility index (Phi) is 5.85. The van der Waals surface area contributed by atoms with Crippen LogP contribution in [0.3, 0.4) is 0 Å². The van der Waals surface area contributed by atoms with E-state index in [4.69, 9.17) is 16.3 Å². The van der Waals surface area contributed by atoms with Gasteiger partial charge >= 0.3 is 0 Å². The second-order valence-corrected chi connectivity index (χ2v) is 7.25. The van der Waals surface area contributed by atoms with Crippen molar-refractivity contribution in [3.63, 3.8) is 0 Å². The molecule has 0 bridgehead atoms. The number of aromatic nitrogens is 2. The fourth-order valence-corrected chi connectivity index (χ4v) is 3.46. The number of halogens is 1. The third-order valence-corrected chi connectivity index (χ3v) is 5.03. The number of benzene rings is 2. The molecule has 0 spiro atoms. The Labute approximate surface area is 161 Å². The highest BCUT2D eigenvalue weighted by atomic mass is 35.5. The second kappa shape index (κ2) is 8.29. The molecule has 5 nitrogen and oxygen atoms in total. The van der Waals surface area contributed by atoms with Crippen LogP contribution in [-0.4, -0.2) is 27.8 Å². The van der Waals surface area contributed by atoms with E-state index in [2.05, 4.69) is 10.3 Å². The molecule has 26 heavy (non-hydrogen) atoms. The number of nitrogens with zero attached hydrogens (tertiary/aromatic N) is 2. The van der Waals surface area contributed by atoms with Crippen molar-refractivity contribution >= 4 is 35.0 Å². The zero-order valence-corrected chi connectivity index (χ0v) is 15.9. The topological polar surface area (TPSA) is 56.1 Å². The van der Waals surface area contributed by atoms with Crippen molar-refractivity contribution in [2.75, 3.05) is 12.4 Å². The first kappa shape index (κ1) is 18.4. The Balaban J connectivity index is 1.73. The van der Waals surface area contributed by atoms with Crippen molar-refractivity contribution in [1.29, 1.82) is 0 Å². The summed E-state index contributed by atoms with van der Waals surface area (Å²) in [6, 6.07) is 14.8. The normalized spacial score (nSPS) is 11.8. The van der Waals surface area contributed by atoms with Crippen molar-refractivity contribution in [1.82, 2.24) is 9.55 Å². The molecule has 1 aromatic heterocycles. The number of carbonyl (C=O) groups is 1. The predicted octanol–water partition coefficient (Wildman–Crippen LogP) is 4.65. The third-order valence-electron chi connectivity index (χ3n) is 3.71. The maximum Gasteiger partial charge on any atom is 0.237 e. The molecule has 3 aromatic rings. The largest absolute Gasteiger partial charge is 0.495 e. The zero-order valence-electron chi connectivity index (χ0n) is 14.3. The number of nitrogens with one attached hydrogen (secondary N) is 1. The molecule has 7 heteroatoms. The Morgan fingerprint density at radius 3 is 2.85 bits per heavy atom. The lowest BCUT2D eigenvalue weighted by molar-refractivity contribution is -0.115. The summed E-state index contributed by atoms with van der Waals surface area (Å²) in [5.74, 6) is 0.499. The molecular formula is C19H18ClN3O2S. The van der Waals surface area contributed by atoms with E-state index >= 15 is 0 Å². The number of hydrogen-bond donors (Lipinski definition) is 1. The van der Waals surface area contributed by atoms with Crippen molar-refractivity contribution < 1.29 is 9.53 Å². The molecule has 1 heterocycles. The van der Waals surface area contributed by atoms with Gasteiger partial charge in [0.25, 0.3) is 0 Å². The average molecular weight is 388 g/mol. The van der Waals surface area contributed by atoms with Crippen LogP contribution < -0.4 is 10.1 Å². The molecule has 2 aromatic carbocycles. The minimum absolute atomic E-state index is 0.125. The molecular weight excluding hydrogens is 370 g/mol. The monoisotopic (exact) mass is 387 g/mol. The van der Waals surface area contributed by atoms with E-state index < -0.39 is 0 Å². The number of anilines is 1. The number of hydrogen-bond acceptors (Lipinski definition) is 4. The minimum Gasteiger partial charge on any atom is -0.495 e. The van der Waals surface area contributed by atoms with Gasteiger partial charge in [0, 0.05) is 23.1 Å². The summed E-state index contributed by atoms with van der Waals surface area (Å²) in [6.45, 7) is 1.84. The molecule has 0 aliphatic heterocycles. The summed E-state index contributed by atoms with van der Waals surface area (Å²) in [5.41, 5.74) is 1.54. The molecule has 1 unspecified atom stereocenters. The summed E-state index contributed by atoms with van der Waals surface area (Å²) < 4.78 is 7.18. The molecule has 1 N–H and O–H groups in total. The van der Waals surface area contributed by atoms with E-state index in [1.165, 1.54) is 11.8 Å². The van der Waals surface area contributed by atoms with Crippen LogP contribution in [0.1, 0.15) is 6.92 Å². The van der Waals surface area contributed by atoms with Gasteiger partial charge in [-0.1, -0.05) is 41.6 Å². The van der Waals surface area contributed by atoms with Crippen LogP contribution in [0, 0.1) is 0 Å². The number of rotatable bonds is 6. The summed E-state index contributed by atoms with van der Waals surface area (Å²) in [7, 11) is 1.57. The molecule has 0 saturated heterocycles. The smallest absolute Gasteiger partial charge is 0.237 e. The summed E-state index contributed by atoms with van der Waals surface area (Å²) in [6.07, 6.45) is 3.55. The Morgan fingerprint density at radius 2 is 2.08 bits per heavy atom. The maximum absolute atomic E-state index is 12.6. The fraction of sp³-hybridized carbons (Fsp3) is 0.158. The SMILES string of the molecule is COc1ccccc1NC(=O)C(C)Sc1nccn1-c1cccc(Cl)c1. The number of para-hydroxylation sites is 2. The number of carbonyl (C=O) groups excluding carboxylic acids is 1. The Bertz CT molecular complexity index is 913. The van der Waals surface area contributed by atoms with E-state index in [1.54, 1.807) is 25.4 Å². The van der Waals surface area contributed by atoms with Gasteiger partial charge in [-0.2, -0.15) is 0 Å². The predicted molar refractivity (Wildman–Crippen MR) is 106 cm³/mol. The lowest BCUT2D eigenvalue weighted by Crippen LogP contribution is -2.23. The van der Waals surface area contributed by atoms with Crippen LogP contribution in [0.25, 0.3) is 5.69 Å². The van der Waals surface area contributed by atoms with Crippen LogP contribution in [-0.2, 0) is 4.79 Å². The number of methoxy groups -OCH3 is 1. The minimum atomic E-state index is -0.347. The van der Waals surface area contributed by atoms with Crippen LogP contribution in [0.5, 0.6) is 5.75 Å². The Hall–Kier alpha value is -2.44. The lowest BCUT2D eigenvalue weighted by atomic mass is 10.3. The fourth-order valence-electron chi connectivity index (χ4n) is 2.39. The molecule has 1 atom stereocenters. The number of imidazole rings is 1. The lowest BCUT2D eigenvalue weighted by Gasteiger charge is -2.14. The van der Waals surface area contributed by atoms with E-state index in [9.17, 15) is 4.79 Å². The van der Waals surface area contributed by atoms with Crippen LogP contribution in [0.4, 0.5) is 5.69 Å². The molecule has 0 aliphatic carbocycles. The standard InChI is InChI=1S/C19H18ClN3O2S/c1-13(18(24)22-16-8-3-4-9-17(16)25-2)26-19-21-10-11-23(19)15-7-5-6-14(20)12-15/h3-13H,1-2H3,(H,22,24). The Morgan fingerprint density at radius 1 is 1.27 bits per heavy atom. The van der Waals surface area contributed by atoms with Gasteiger partial charge in [0.05, 0.1) is 18.0 Å². The van der Waals surface area contributed by atoms with Crippen LogP contribution >= 0.6 is 23.4 Å². The van der Waals surface area contributed by atoms with Gasteiger partial charge in [0.15, 0.2) is 5.16 Å². The average Bonchev–Trinajstić information content (AvgIpc) is 3.10. The van der Waals surface area contributed by atoms with Gasteiger partial charge < -0.3 is 10.1 Å². The molecule has 134 valence electrons. The van der Waals surface area contributed by atoms with Crippen LogP contribution in [0.2, 0.25) is 5.02 Å². The van der Waals surface area contributed by atoms with Gasteiger partial charge in [-0.3, -0.25) is 9.36 Å². The number of thioether (sulfide) groups is 1. The highest BCUT2D eigenvalue weighted by molar-refractivity contribution is 8.00. The first-order chi connectivity index (χ1) is 12.6. The van der Waals surface area contributed by atoms with Gasteiger partial charge in [-0.15, -0.1) is 0 Å². The highest BCUT2D eigenvalue weighted by Gasteiger charge is 2.19. The van der Waals surface area contributed by atoms with E-state index in [0.717, 1.165) is 10.8 Å². The molecule has 0 saturated carbocycles. The van der Waals surface area contributed by atoms with Crippen LogP contribution in [0.15, 0.2) is 66.1 Å². The van der Waals surface area contributed by atoms with Crippen molar-refractivity contribution in [2.45, 2.75) is 17.3 Å². The quantitative estimate of drug-likeness (QED) is 0.625. The van der Waals surface area contributed by atoms with Gasteiger partial charge in [-0.05, 0) is 37.3 Å². The first-order valence-electron chi connectivity index (χ1n) is 7.98. The number of amides is 1. The van der Waals surface area contributed by atoms with Gasteiger partial charge in [-0.25, -0.2) is 4.98 Å². The summed E-state index contributed by atoms with van der Waals surface area (Å²) >= 11 is 7.45. The van der Waals surface area contributed by atoms with E-state index in [0.29, 0.717) is 16.5 Å². The zero-order chi connectivity index (χ0) is 18.5. The van der Waals surface area contributed by atoms with Crippen molar-refractivity contribution in [3.05, 3.63) is 65.9 Å². The summed E-state index contributed by atoms with van der Waals surface area (Å²) in [4.78, 5) is 16.9. The van der Waals surface area contributed by atoms with E-state index in [-0.39, 0.29) is 11.2 Å². The molecule has 1 amide bonds. The molecule has 0 fully saturated rings. The third kappa shape index (κ3) is 4.20. The van der Waals surface area contributed by atoms with Crippen molar-refractivity contribution in [2.24, 2.45) is 0 Å². The second-order valence-electron chi connectivity index (χ2n) is 5.51. The number of ether oxygens (including phenoxy) is 1.